The largest absolute Gasteiger partial charge is 0.304 e. The second-order valence-electron chi connectivity index (χ2n) is 9.09. The molecule has 1 unspecified atom stereocenters. The summed E-state index contributed by atoms with van der Waals surface area (Å²) in [5.74, 6) is -0.549. The molecule has 3 aromatic carbocycles. The van der Waals surface area contributed by atoms with Gasteiger partial charge in [-0.3, -0.25) is 9.35 Å². The van der Waals surface area contributed by atoms with Crippen molar-refractivity contribution >= 4 is 33.9 Å². The third kappa shape index (κ3) is 3.83. The highest BCUT2D eigenvalue weighted by molar-refractivity contribution is 7.77. The second-order valence-corrected chi connectivity index (χ2v) is 9.79. The summed E-state index contributed by atoms with van der Waals surface area (Å²) >= 11 is -2.17. The van der Waals surface area contributed by atoms with Crippen molar-refractivity contribution in [3.05, 3.63) is 84.2 Å². The predicted molar refractivity (Wildman–Crippen MR) is 129 cm³/mol. The summed E-state index contributed by atoms with van der Waals surface area (Å²) in [5.41, 5.74) is 3.11. The maximum Gasteiger partial charge on any atom is 0.232 e. The monoisotopic (exact) mass is 491 g/mol. The minimum atomic E-state index is -2.17. The highest BCUT2D eigenvalue weighted by Gasteiger charge is 2.58. The lowest BCUT2D eigenvalue weighted by molar-refractivity contribution is -0.117. The molecule has 0 radical (unpaired) electrons. The number of nitrogens with zero attached hydrogens (tertiary/aromatic N) is 4. The molecular formula is C25H22FN5O3S. The van der Waals surface area contributed by atoms with Crippen LogP contribution in [0.15, 0.2) is 72.8 Å². The van der Waals surface area contributed by atoms with Crippen molar-refractivity contribution in [2.45, 2.75) is 30.8 Å². The zero-order chi connectivity index (χ0) is 24.2. The molecule has 1 saturated carbocycles. The van der Waals surface area contributed by atoms with E-state index in [0.717, 1.165) is 23.9 Å². The summed E-state index contributed by atoms with van der Waals surface area (Å²) in [6, 6.07) is 21.0. The number of hydrogen-bond donors (Lipinski definition) is 2. The highest BCUT2D eigenvalue weighted by Crippen LogP contribution is 2.55. The fraction of sp³-hybridized carbons (Fsp3) is 0.240. The third-order valence-electron chi connectivity index (χ3n) is 7.03. The highest BCUT2D eigenvalue weighted by atomic mass is 32.2. The van der Waals surface area contributed by atoms with Gasteiger partial charge in [-0.05, 0) is 60.9 Å². The Morgan fingerprint density at radius 1 is 1.03 bits per heavy atom. The quantitative estimate of drug-likeness (QED) is 0.399. The fourth-order valence-electron chi connectivity index (χ4n) is 5.26. The van der Waals surface area contributed by atoms with Crippen molar-refractivity contribution in [2.75, 3.05) is 4.90 Å². The van der Waals surface area contributed by atoms with Gasteiger partial charge in [0.1, 0.15) is 11.3 Å². The number of amides is 1. The van der Waals surface area contributed by atoms with Crippen molar-refractivity contribution in [3.63, 3.8) is 0 Å². The van der Waals surface area contributed by atoms with Crippen LogP contribution in [0, 0.1) is 11.7 Å². The van der Waals surface area contributed by atoms with Crippen LogP contribution in [0.5, 0.6) is 0 Å². The van der Waals surface area contributed by atoms with Crippen LogP contribution in [0.25, 0.3) is 16.7 Å². The third-order valence-corrected chi connectivity index (χ3v) is 7.61. The van der Waals surface area contributed by atoms with Gasteiger partial charge in [0.25, 0.3) is 0 Å². The number of hydrogen-bond acceptors (Lipinski definition) is 4. The summed E-state index contributed by atoms with van der Waals surface area (Å²) in [6.45, 7) is 0. The number of benzene rings is 3. The Morgan fingerprint density at radius 2 is 1.74 bits per heavy atom. The number of carbonyl (C=O) groups is 1. The van der Waals surface area contributed by atoms with Gasteiger partial charge in [0.15, 0.2) is 0 Å². The van der Waals surface area contributed by atoms with E-state index in [1.165, 1.54) is 12.1 Å². The van der Waals surface area contributed by atoms with Crippen molar-refractivity contribution < 1.29 is 17.9 Å². The Balaban J connectivity index is 1.41. The molecule has 2 N–H and O–H groups in total. The molecule has 2 heterocycles. The number of rotatable bonds is 6. The van der Waals surface area contributed by atoms with E-state index in [2.05, 4.69) is 15.0 Å². The molecule has 2 aliphatic rings. The van der Waals surface area contributed by atoms with Gasteiger partial charge in [-0.25, -0.2) is 18.0 Å². The number of anilines is 1. The number of aromatic nitrogens is 3. The van der Waals surface area contributed by atoms with Crippen LogP contribution in [-0.4, -0.2) is 35.2 Å². The molecule has 1 aliphatic carbocycles. The van der Waals surface area contributed by atoms with E-state index in [-0.39, 0.29) is 30.1 Å². The van der Waals surface area contributed by atoms with Crippen LogP contribution in [-0.2, 0) is 16.1 Å². The molecule has 1 saturated heterocycles. The molecule has 1 amide bonds. The van der Waals surface area contributed by atoms with Crippen LogP contribution in [0.1, 0.15) is 30.9 Å². The minimum absolute atomic E-state index is 0.0501. The molecule has 8 nitrogen and oxygen atoms in total. The van der Waals surface area contributed by atoms with Crippen LogP contribution in [0.2, 0.25) is 0 Å². The molecule has 1 aromatic heterocycles. The summed E-state index contributed by atoms with van der Waals surface area (Å²) in [6.07, 6.45) is 1.74. The second kappa shape index (κ2) is 8.33. The maximum atomic E-state index is 13.4. The Hall–Kier alpha value is -3.47. The van der Waals surface area contributed by atoms with E-state index in [0.29, 0.717) is 16.9 Å². The molecule has 178 valence electrons. The van der Waals surface area contributed by atoms with E-state index in [1.54, 1.807) is 21.7 Å². The lowest BCUT2D eigenvalue weighted by atomic mass is 9.86. The van der Waals surface area contributed by atoms with Gasteiger partial charge in [0.05, 0.1) is 17.2 Å². The normalized spacial score (nSPS) is 22.0. The molecule has 4 aromatic rings. The average Bonchev–Trinajstić information content (AvgIpc) is 3.35. The Kier molecular flexibility index (Phi) is 5.24. The Labute approximate surface area is 203 Å². The van der Waals surface area contributed by atoms with E-state index in [1.807, 2.05) is 48.5 Å². The molecule has 35 heavy (non-hydrogen) atoms. The summed E-state index contributed by atoms with van der Waals surface area (Å²) in [7, 11) is 0. The van der Waals surface area contributed by atoms with Gasteiger partial charge in [-0.15, -0.1) is 5.10 Å². The SMILES string of the molecule is O=C1C[C@H](C2(NS(=O)O)CC2)[C@H](c2ccccc2)N1c1ccc2c(c1)nnn2-c1ccc(F)cc1. The predicted octanol–water partition coefficient (Wildman–Crippen LogP) is 3.91. The van der Waals surface area contributed by atoms with Crippen molar-refractivity contribution in [1.29, 1.82) is 0 Å². The number of fused-ring (bicyclic) bond motifs is 1. The smallest absolute Gasteiger partial charge is 0.232 e. The van der Waals surface area contributed by atoms with E-state index in [4.69, 9.17) is 0 Å². The molecule has 0 spiro atoms. The van der Waals surface area contributed by atoms with Gasteiger partial charge < -0.3 is 4.90 Å². The zero-order valence-electron chi connectivity index (χ0n) is 18.5. The lowest BCUT2D eigenvalue weighted by Crippen LogP contribution is -2.42. The molecular weight excluding hydrogens is 469 g/mol. The first-order valence-corrected chi connectivity index (χ1v) is 12.4. The summed E-state index contributed by atoms with van der Waals surface area (Å²) < 4.78 is 39.0. The topological polar surface area (TPSA) is 100 Å². The zero-order valence-corrected chi connectivity index (χ0v) is 19.4. The van der Waals surface area contributed by atoms with Crippen LogP contribution < -0.4 is 9.62 Å². The molecule has 6 rings (SSSR count). The van der Waals surface area contributed by atoms with Crippen LogP contribution >= 0.6 is 0 Å². The van der Waals surface area contributed by atoms with E-state index < -0.39 is 16.8 Å². The van der Waals surface area contributed by atoms with Crippen molar-refractivity contribution in [1.82, 2.24) is 19.7 Å². The lowest BCUT2D eigenvalue weighted by Gasteiger charge is -2.33. The van der Waals surface area contributed by atoms with E-state index >= 15 is 0 Å². The minimum Gasteiger partial charge on any atom is -0.304 e. The Morgan fingerprint density at radius 3 is 2.43 bits per heavy atom. The average molecular weight is 492 g/mol. The Bertz CT molecular complexity index is 1440. The maximum absolute atomic E-state index is 13.4. The molecule has 0 bridgehead atoms. The van der Waals surface area contributed by atoms with Crippen molar-refractivity contribution in [2.24, 2.45) is 5.92 Å². The number of halogens is 1. The van der Waals surface area contributed by atoms with Crippen molar-refractivity contribution in [3.8, 4) is 5.69 Å². The van der Waals surface area contributed by atoms with Crippen LogP contribution in [0.3, 0.4) is 0 Å². The van der Waals surface area contributed by atoms with Gasteiger partial charge in [-0.1, -0.05) is 35.5 Å². The van der Waals surface area contributed by atoms with Gasteiger partial charge in [0, 0.05) is 23.6 Å². The molecule has 1 aliphatic heterocycles. The van der Waals surface area contributed by atoms with E-state index in [9.17, 15) is 17.9 Å². The summed E-state index contributed by atoms with van der Waals surface area (Å²) in [5, 5.41) is 8.51. The molecule has 3 atom stereocenters. The van der Waals surface area contributed by atoms with Gasteiger partial charge in [0.2, 0.25) is 17.2 Å². The first-order chi connectivity index (χ1) is 16.9. The van der Waals surface area contributed by atoms with Gasteiger partial charge >= 0.3 is 0 Å². The number of carbonyl (C=O) groups excluding carboxylic acids is 1. The standard InChI is InChI=1S/C25H22FN5O3S/c26-17-6-8-18(9-7-17)31-22-11-10-19(14-21(22)27-29-31)30-23(32)15-20(25(12-13-25)28-35(33)34)24(30)16-4-2-1-3-5-16/h1-11,14,20,24,28H,12-13,15H2,(H,33,34)/t20-,24-/m0/s1. The summed E-state index contributed by atoms with van der Waals surface area (Å²) in [4.78, 5) is 15.2. The molecule has 2 fully saturated rings. The molecule has 10 heteroatoms. The first-order valence-electron chi connectivity index (χ1n) is 11.3. The fourth-order valence-corrected chi connectivity index (χ4v) is 5.96. The van der Waals surface area contributed by atoms with Gasteiger partial charge in [-0.2, -0.15) is 0 Å². The first kappa shape index (κ1) is 22.0. The number of nitrogens with one attached hydrogen (secondary N) is 1. The van der Waals surface area contributed by atoms with Crippen LogP contribution in [0.4, 0.5) is 10.1 Å².